The average Bonchev–Trinajstić information content (AvgIpc) is 2.96. The normalized spacial score (nSPS) is 15.6. The molecule has 1 fully saturated rings. The molecule has 0 heterocycles. The van der Waals surface area contributed by atoms with Crippen molar-refractivity contribution in [3.63, 3.8) is 0 Å². The topological polar surface area (TPSA) is 113 Å². The minimum absolute atomic E-state index is 0.0315. The molecule has 8 nitrogen and oxygen atoms in total. The minimum atomic E-state index is -4.15. The molecule has 2 N–H and O–H groups in total. The van der Waals surface area contributed by atoms with E-state index in [1.165, 1.54) is 6.92 Å². The molecule has 0 bridgehead atoms. The van der Waals surface area contributed by atoms with Gasteiger partial charge in [0, 0.05) is 6.04 Å². The lowest BCUT2D eigenvalue weighted by atomic mass is 10.6. The first-order chi connectivity index (χ1) is 7.86. The Labute approximate surface area is 98.7 Å². The number of hydrogen-bond donors (Lipinski definition) is 2. The van der Waals surface area contributed by atoms with Crippen LogP contribution in [0.3, 0.4) is 0 Å². The summed E-state index contributed by atoms with van der Waals surface area (Å²) in [6.07, 6.45) is 0.0807. The van der Waals surface area contributed by atoms with Crippen molar-refractivity contribution in [2.75, 3.05) is 13.2 Å². The first-order valence-electron chi connectivity index (χ1n) is 5.05. The SMILES string of the molecule is CCOC(=O)NS(=O)(=O)N(CC(=O)O)C1CC1. The predicted molar refractivity (Wildman–Crippen MR) is 56.4 cm³/mol. The van der Waals surface area contributed by atoms with Crippen LogP contribution in [0.25, 0.3) is 0 Å². The number of nitrogens with zero attached hydrogens (tertiary/aromatic N) is 1. The van der Waals surface area contributed by atoms with E-state index in [4.69, 9.17) is 5.11 Å². The van der Waals surface area contributed by atoms with E-state index in [1.54, 1.807) is 4.72 Å². The number of hydrogen-bond acceptors (Lipinski definition) is 5. The van der Waals surface area contributed by atoms with Crippen molar-refractivity contribution < 1.29 is 27.9 Å². The van der Waals surface area contributed by atoms with E-state index in [9.17, 15) is 18.0 Å². The van der Waals surface area contributed by atoms with Crippen molar-refractivity contribution in [3.8, 4) is 0 Å². The second-order valence-corrected chi connectivity index (χ2v) is 5.12. The molecule has 0 unspecified atom stereocenters. The summed E-state index contributed by atoms with van der Waals surface area (Å²) in [5.74, 6) is -1.27. The summed E-state index contributed by atoms with van der Waals surface area (Å²) in [5, 5.41) is 8.61. The molecule has 0 spiro atoms. The summed E-state index contributed by atoms with van der Waals surface area (Å²) in [6, 6.07) is -0.349. The third-order valence-corrected chi connectivity index (χ3v) is 3.51. The van der Waals surface area contributed by atoms with Crippen LogP contribution in [0.2, 0.25) is 0 Å². The largest absolute Gasteiger partial charge is 0.480 e. The van der Waals surface area contributed by atoms with Crippen LogP contribution in [0.4, 0.5) is 4.79 Å². The molecule has 1 rings (SSSR count). The monoisotopic (exact) mass is 266 g/mol. The maximum Gasteiger partial charge on any atom is 0.421 e. The fraction of sp³-hybridized carbons (Fsp3) is 0.750. The van der Waals surface area contributed by atoms with E-state index in [0.717, 1.165) is 4.31 Å². The summed E-state index contributed by atoms with van der Waals surface area (Å²) in [4.78, 5) is 21.6. The van der Waals surface area contributed by atoms with Gasteiger partial charge in [-0.3, -0.25) is 4.79 Å². The molecule has 0 aliphatic heterocycles. The fourth-order valence-corrected chi connectivity index (χ4v) is 2.50. The van der Waals surface area contributed by atoms with Crippen LogP contribution in [0.5, 0.6) is 0 Å². The number of aliphatic carboxylic acids is 1. The van der Waals surface area contributed by atoms with Gasteiger partial charge in [0.25, 0.3) is 0 Å². The van der Waals surface area contributed by atoms with Gasteiger partial charge in [0.05, 0.1) is 6.61 Å². The first-order valence-corrected chi connectivity index (χ1v) is 6.49. The molecule has 0 aromatic heterocycles. The van der Waals surface area contributed by atoms with Crippen molar-refractivity contribution in [2.45, 2.75) is 25.8 Å². The van der Waals surface area contributed by atoms with Gasteiger partial charge in [0.15, 0.2) is 0 Å². The summed E-state index contributed by atoms with van der Waals surface area (Å²) in [7, 11) is -4.15. The minimum Gasteiger partial charge on any atom is -0.480 e. The lowest BCUT2D eigenvalue weighted by Crippen LogP contribution is -2.46. The maximum atomic E-state index is 11.7. The molecule has 0 radical (unpaired) electrons. The van der Waals surface area contributed by atoms with Crippen molar-refractivity contribution in [1.82, 2.24) is 9.03 Å². The average molecular weight is 266 g/mol. The molecule has 1 amide bonds. The van der Waals surface area contributed by atoms with Crippen LogP contribution in [-0.4, -0.2) is 49.1 Å². The Balaban J connectivity index is 2.70. The van der Waals surface area contributed by atoms with E-state index in [-0.39, 0.29) is 12.6 Å². The van der Waals surface area contributed by atoms with Crippen LogP contribution in [0.1, 0.15) is 19.8 Å². The molecule has 0 aromatic carbocycles. The third kappa shape index (κ3) is 4.19. The first kappa shape index (κ1) is 13.7. The quantitative estimate of drug-likeness (QED) is 0.671. The van der Waals surface area contributed by atoms with E-state index >= 15 is 0 Å². The van der Waals surface area contributed by atoms with Crippen LogP contribution >= 0.6 is 0 Å². The zero-order valence-electron chi connectivity index (χ0n) is 9.25. The molecule has 0 saturated heterocycles. The Morgan fingerprint density at radius 3 is 2.47 bits per heavy atom. The number of carbonyl (C=O) groups excluding carboxylic acids is 1. The van der Waals surface area contributed by atoms with Crippen LogP contribution in [0.15, 0.2) is 0 Å². The van der Waals surface area contributed by atoms with Crippen molar-refractivity contribution in [3.05, 3.63) is 0 Å². The number of amides is 1. The number of carboxylic acids is 1. The van der Waals surface area contributed by atoms with Crippen molar-refractivity contribution in [1.29, 1.82) is 0 Å². The molecule has 98 valence electrons. The van der Waals surface area contributed by atoms with Crippen LogP contribution in [0, 0.1) is 0 Å². The maximum absolute atomic E-state index is 11.7. The second kappa shape index (κ2) is 5.32. The number of nitrogens with one attached hydrogen (secondary N) is 1. The lowest BCUT2D eigenvalue weighted by Gasteiger charge is -2.19. The molecule has 1 aliphatic rings. The second-order valence-electron chi connectivity index (χ2n) is 3.50. The predicted octanol–water partition coefficient (Wildman–Crippen LogP) is -0.474. The Morgan fingerprint density at radius 1 is 1.47 bits per heavy atom. The van der Waals surface area contributed by atoms with Gasteiger partial charge in [0.1, 0.15) is 6.54 Å². The lowest BCUT2D eigenvalue weighted by molar-refractivity contribution is -0.137. The molecular weight excluding hydrogens is 252 g/mol. The molecular formula is C8H14N2O6S. The smallest absolute Gasteiger partial charge is 0.421 e. The summed E-state index contributed by atoms with van der Waals surface area (Å²) < 4.78 is 30.2. The van der Waals surface area contributed by atoms with Crippen LogP contribution < -0.4 is 4.72 Å². The number of carbonyl (C=O) groups is 2. The van der Waals surface area contributed by atoms with Gasteiger partial charge in [0.2, 0.25) is 0 Å². The van der Waals surface area contributed by atoms with Gasteiger partial charge in [-0.2, -0.15) is 12.7 Å². The van der Waals surface area contributed by atoms with E-state index in [1.807, 2.05) is 0 Å². The number of carboxylic acid groups (broad SMARTS) is 1. The van der Waals surface area contributed by atoms with Gasteiger partial charge >= 0.3 is 22.3 Å². The highest BCUT2D eigenvalue weighted by molar-refractivity contribution is 7.87. The van der Waals surface area contributed by atoms with Crippen LogP contribution in [-0.2, 0) is 19.7 Å². The Hall–Kier alpha value is -1.35. The fourth-order valence-electron chi connectivity index (χ4n) is 1.23. The zero-order chi connectivity index (χ0) is 13.1. The van der Waals surface area contributed by atoms with Gasteiger partial charge in [-0.05, 0) is 19.8 Å². The van der Waals surface area contributed by atoms with E-state index in [0.29, 0.717) is 12.8 Å². The Bertz CT molecular complexity index is 402. The zero-order valence-corrected chi connectivity index (χ0v) is 10.1. The molecule has 1 aliphatic carbocycles. The highest BCUT2D eigenvalue weighted by Gasteiger charge is 2.39. The highest BCUT2D eigenvalue weighted by atomic mass is 32.2. The number of rotatable bonds is 6. The third-order valence-electron chi connectivity index (χ3n) is 2.04. The van der Waals surface area contributed by atoms with Gasteiger partial charge in [-0.15, -0.1) is 0 Å². The van der Waals surface area contributed by atoms with Gasteiger partial charge < -0.3 is 9.84 Å². The van der Waals surface area contributed by atoms with Gasteiger partial charge in [-0.1, -0.05) is 0 Å². The van der Waals surface area contributed by atoms with Gasteiger partial charge in [-0.25, -0.2) is 9.52 Å². The summed E-state index contributed by atoms with van der Waals surface area (Å²) in [6.45, 7) is 0.894. The molecule has 9 heteroatoms. The highest BCUT2D eigenvalue weighted by Crippen LogP contribution is 2.28. The Morgan fingerprint density at radius 2 is 2.06 bits per heavy atom. The van der Waals surface area contributed by atoms with Crippen molar-refractivity contribution >= 4 is 22.3 Å². The summed E-state index contributed by atoms with van der Waals surface area (Å²) in [5.41, 5.74) is 0. The molecule has 0 atom stereocenters. The summed E-state index contributed by atoms with van der Waals surface area (Å²) >= 11 is 0. The van der Waals surface area contributed by atoms with Crippen molar-refractivity contribution in [2.24, 2.45) is 0 Å². The number of ether oxygens (including phenoxy) is 1. The molecule has 0 aromatic rings. The molecule has 1 saturated carbocycles. The Kier molecular flexibility index (Phi) is 4.29. The standard InChI is InChI=1S/C8H14N2O6S/c1-2-16-8(13)9-17(14,15)10(5-7(11)12)6-3-4-6/h6H,2-5H2,1H3,(H,9,13)(H,11,12). The molecule has 17 heavy (non-hydrogen) atoms. The van der Waals surface area contributed by atoms with E-state index < -0.39 is 28.8 Å². The van der Waals surface area contributed by atoms with E-state index in [2.05, 4.69) is 4.74 Å².